The average Bonchev–Trinajstić information content (AvgIpc) is 3.46. The van der Waals surface area contributed by atoms with Gasteiger partial charge in [-0.15, -0.1) is 0 Å². The van der Waals surface area contributed by atoms with Crippen LogP contribution < -0.4 is 0 Å². The van der Waals surface area contributed by atoms with Crippen LogP contribution in [-0.4, -0.2) is 22.5 Å². The fraction of sp³-hybridized carbons (Fsp3) is 0.414. The van der Waals surface area contributed by atoms with Gasteiger partial charge in [0.05, 0.1) is 6.61 Å². The van der Waals surface area contributed by atoms with Crippen LogP contribution in [-0.2, 0) is 22.4 Å². The highest BCUT2D eigenvalue weighted by Crippen LogP contribution is 2.39. The van der Waals surface area contributed by atoms with Crippen LogP contribution in [0.2, 0.25) is 0 Å². The summed E-state index contributed by atoms with van der Waals surface area (Å²) in [5.74, 6) is 0.218. The Bertz CT molecular complexity index is 1140. The molecule has 2 heterocycles. The van der Waals surface area contributed by atoms with Crippen molar-refractivity contribution in [1.82, 2.24) is 9.97 Å². The molecule has 4 nitrogen and oxygen atoms in total. The van der Waals surface area contributed by atoms with E-state index in [1.165, 1.54) is 44.1 Å². The fourth-order valence-electron chi connectivity index (χ4n) is 5.15. The van der Waals surface area contributed by atoms with Gasteiger partial charge in [-0.1, -0.05) is 63.1 Å². The largest absolute Gasteiger partial charge is 0.466 e. The third-order valence-corrected chi connectivity index (χ3v) is 6.86. The Balaban J connectivity index is 1.65. The highest BCUT2D eigenvalue weighted by atomic mass is 16.5. The molecule has 4 aromatic rings. The van der Waals surface area contributed by atoms with Crippen LogP contribution in [0.1, 0.15) is 81.0 Å². The summed E-state index contributed by atoms with van der Waals surface area (Å²) >= 11 is 0. The molecule has 2 aromatic carbocycles. The first-order chi connectivity index (χ1) is 16.2. The number of para-hydroxylation sites is 2. The molecule has 2 aromatic heterocycles. The fourth-order valence-corrected chi connectivity index (χ4v) is 5.15. The number of hydrogen-bond donors (Lipinski definition) is 2. The lowest BCUT2D eigenvalue weighted by molar-refractivity contribution is -0.143. The van der Waals surface area contributed by atoms with Crippen LogP contribution in [0.5, 0.6) is 0 Å². The van der Waals surface area contributed by atoms with E-state index in [4.69, 9.17) is 4.74 Å². The smallest absolute Gasteiger partial charge is 0.305 e. The second-order valence-corrected chi connectivity index (χ2v) is 8.83. The van der Waals surface area contributed by atoms with E-state index in [1.807, 2.05) is 6.92 Å². The van der Waals surface area contributed by atoms with Gasteiger partial charge in [0.15, 0.2) is 0 Å². The lowest BCUT2D eigenvalue weighted by Gasteiger charge is -2.17. The molecule has 2 N–H and O–H groups in total. The number of H-pyrrole nitrogens is 2. The van der Waals surface area contributed by atoms with E-state index < -0.39 is 0 Å². The van der Waals surface area contributed by atoms with Crippen LogP contribution in [0.15, 0.2) is 48.8 Å². The molecule has 0 amide bonds. The third kappa shape index (κ3) is 4.85. The molecular weight excluding hydrogens is 408 g/mol. The van der Waals surface area contributed by atoms with Crippen molar-refractivity contribution < 1.29 is 9.53 Å². The lowest BCUT2D eigenvalue weighted by atomic mass is 9.85. The number of benzene rings is 2. The van der Waals surface area contributed by atoms with E-state index >= 15 is 0 Å². The molecule has 0 aliphatic carbocycles. The van der Waals surface area contributed by atoms with Crippen LogP contribution in [0, 0.1) is 0 Å². The molecule has 0 radical (unpaired) electrons. The summed E-state index contributed by atoms with van der Waals surface area (Å²) in [6.45, 7) is 6.74. The first-order valence-corrected chi connectivity index (χ1v) is 12.5. The second kappa shape index (κ2) is 10.7. The van der Waals surface area contributed by atoms with Gasteiger partial charge < -0.3 is 14.7 Å². The van der Waals surface area contributed by atoms with Crippen molar-refractivity contribution in [3.63, 3.8) is 0 Å². The zero-order valence-corrected chi connectivity index (χ0v) is 20.2. The van der Waals surface area contributed by atoms with Crippen molar-refractivity contribution in [3.8, 4) is 0 Å². The van der Waals surface area contributed by atoms with Crippen LogP contribution >= 0.6 is 0 Å². The molecule has 0 fully saturated rings. The van der Waals surface area contributed by atoms with Gasteiger partial charge in [-0.05, 0) is 54.9 Å². The Labute approximate surface area is 196 Å². The predicted octanol–water partition coefficient (Wildman–Crippen LogP) is 7.42. The lowest BCUT2D eigenvalue weighted by Crippen LogP contribution is -2.04. The molecule has 4 heteroatoms. The highest BCUT2D eigenvalue weighted by Gasteiger charge is 2.22. The Morgan fingerprint density at radius 3 is 1.91 bits per heavy atom. The van der Waals surface area contributed by atoms with Gasteiger partial charge in [-0.25, -0.2) is 0 Å². The molecule has 0 unspecified atom stereocenters. The summed E-state index contributed by atoms with van der Waals surface area (Å²) in [7, 11) is 0. The second-order valence-electron chi connectivity index (χ2n) is 8.83. The molecular formula is C29H36N2O2. The first kappa shape index (κ1) is 23.2. The van der Waals surface area contributed by atoms with Crippen LogP contribution in [0.25, 0.3) is 21.8 Å². The summed E-state index contributed by atoms with van der Waals surface area (Å²) in [5.41, 5.74) is 7.98. The van der Waals surface area contributed by atoms with Crippen molar-refractivity contribution in [2.24, 2.45) is 0 Å². The standard InChI is InChI=1S/C29H36N2O2/c1-4-20-12-10-15-23-25(18-30-28(20)23)22(14-8-7-9-17-27(32)33-6-3)26-19-31-29-21(5-2)13-11-16-24(26)29/h10-13,15-16,18-19,22,30-31H,4-9,14,17H2,1-3H3. The SMILES string of the molecule is CCOC(=O)CCCCCC(c1c[nH]c2c(CC)cccc12)c1c[nH]c2c(CC)cccc12. The molecule has 4 rings (SSSR count). The minimum Gasteiger partial charge on any atom is -0.466 e. The maximum absolute atomic E-state index is 11.7. The molecule has 174 valence electrons. The number of aromatic nitrogens is 2. The number of carbonyl (C=O) groups excluding carboxylic acids is 1. The van der Waals surface area contributed by atoms with Gasteiger partial charge in [-0.3, -0.25) is 4.79 Å². The predicted molar refractivity (Wildman–Crippen MR) is 137 cm³/mol. The van der Waals surface area contributed by atoms with E-state index in [0.29, 0.717) is 18.9 Å². The summed E-state index contributed by atoms with van der Waals surface area (Å²) < 4.78 is 5.08. The van der Waals surface area contributed by atoms with E-state index in [1.54, 1.807) is 0 Å². The van der Waals surface area contributed by atoms with Crippen molar-refractivity contribution in [1.29, 1.82) is 0 Å². The topological polar surface area (TPSA) is 57.9 Å². The average molecular weight is 445 g/mol. The number of unbranched alkanes of at least 4 members (excludes halogenated alkanes) is 2. The summed E-state index contributed by atoms with van der Waals surface area (Å²) in [6.07, 6.45) is 11.0. The van der Waals surface area contributed by atoms with E-state index in [9.17, 15) is 4.79 Å². The number of esters is 1. The Morgan fingerprint density at radius 1 is 0.818 bits per heavy atom. The number of ether oxygens (including phenoxy) is 1. The molecule has 0 aliphatic heterocycles. The van der Waals surface area contributed by atoms with Gasteiger partial charge in [0, 0.05) is 46.5 Å². The quantitative estimate of drug-likeness (QED) is 0.187. The van der Waals surface area contributed by atoms with E-state index in [0.717, 1.165) is 38.5 Å². The molecule has 0 spiro atoms. The number of hydrogen-bond acceptors (Lipinski definition) is 2. The van der Waals surface area contributed by atoms with Gasteiger partial charge in [0.1, 0.15) is 0 Å². The van der Waals surface area contributed by atoms with Crippen LogP contribution in [0.4, 0.5) is 0 Å². The van der Waals surface area contributed by atoms with Gasteiger partial charge in [0.2, 0.25) is 0 Å². The van der Waals surface area contributed by atoms with Crippen molar-refractivity contribution in [2.45, 2.75) is 71.6 Å². The molecule has 0 saturated heterocycles. The molecule has 0 saturated carbocycles. The molecule has 0 aliphatic rings. The maximum atomic E-state index is 11.7. The number of carbonyl (C=O) groups is 1. The van der Waals surface area contributed by atoms with Crippen molar-refractivity contribution in [2.75, 3.05) is 6.61 Å². The zero-order valence-electron chi connectivity index (χ0n) is 20.2. The number of aromatic amines is 2. The summed E-state index contributed by atoms with van der Waals surface area (Å²) in [4.78, 5) is 18.9. The van der Waals surface area contributed by atoms with Crippen molar-refractivity contribution in [3.05, 3.63) is 71.0 Å². The van der Waals surface area contributed by atoms with Crippen LogP contribution in [0.3, 0.4) is 0 Å². The summed E-state index contributed by atoms with van der Waals surface area (Å²) in [6, 6.07) is 13.3. The molecule has 0 atom stereocenters. The first-order valence-electron chi connectivity index (χ1n) is 12.5. The number of nitrogens with one attached hydrogen (secondary N) is 2. The molecule has 33 heavy (non-hydrogen) atoms. The van der Waals surface area contributed by atoms with Crippen molar-refractivity contribution >= 4 is 27.8 Å². The monoisotopic (exact) mass is 444 g/mol. The number of fused-ring (bicyclic) bond motifs is 2. The number of aryl methyl sites for hydroxylation is 2. The van der Waals surface area contributed by atoms with E-state index in [-0.39, 0.29) is 5.97 Å². The third-order valence-electron chi connectivity index (χ3n) is 6.86. The Hall–Kier alpha value is -3.01. The van der Waals surface area contributed by atoms with Gasteiger partial charge in [0.25, 0.3) is 0 Å². The minimum absolute atomic E-state index is 0.0819. The van der Waals surface area contributed by atoms with E-state index in [2.05, 4.69) is 72.6 Å². The maximum Gasteiger partial charge on any atom is 0.305 e. The highest BCUT2D eigenvalue weighted by molar-refractivity contribution is 5.90. The minimum atomic E-state index is -0.0819. The Kier molecular flexibility index (Phi) is 7.54. The zero-order chi connectivity index (χ0) is 23.2. The van der Waals surface area contributed by atoms with Gasteiger partial charge >= 0.3 is 5.97 Å². The molecule has 0 bridgehead atoms. The Morgan fingerprint density at radius 2 is 1.39 bits per heavy atom. The number of rotatable bonds is 11. The summed E-state index contributed by atoms with van der Waals surface area (Å²) in [5, 5.41) is 2.65. The van der Waals surface area contributed by atoms with Gasteiger partial charge in [-0.2, -0.15) is 0 Å². The normalized spacial score (nSPS) is 11.6.